The summed E-state index contributed by atoms with van der Waals surface area (Å²) in [5, 5.41) is 0. The molecular formula is C10H15N3O. The predicted molar refractivity (Wildman–Crippen MR) is 54.3 cm³/mol. The van der Waals surface area contributed by atoms with Gasteiger partial charge in [0.25, 0.3) is 5.56 Å². The summed E-state index contributed by atoms with van der Waals surface area (Å²) in [6, 6.07) is 0. The Bertz CT molecular complexity index is 383. The summed E-state index contributed by atoms with van der Waals surface area (Å²) in [5.41, 5.74) is 7.35. The lowest BCUT2D eigenvalue weighted by atomic mass is 10.2. The molecule has 0 fully saturated rings. The highest BCUT2D eigenvalue weighted by atomic mass is 16.1. The van der Waals surface area contributed by atoms with Crippen molar-refractivity contribution in [2.45, 2.75) is 32.1 Å². The maximum absolute atomic E-state index is 11.6. The van der Waals surface area contributed by atoms with Crippen LogP contribution in [0.2, 0.25) is 0 Å². The quantitative estimate of drug-likeness (QED) is 0.717. The van der Waals surface area contributed by atoms with Crippen LogP contribution in [0.3, 0.4) is 0 Å². The summed E-state index contributed by atoms with van der Waals surface area (Å²) in [5.74, 6) is 0.793. The second kappa shape index (κ2) is 3.92. The van der Waals surface area contributed by atoms with Crippen molar-refractivity contribution >= 4 is 0 Å². The number of rotatable bonds is 3. The zero-order valence-electron chi connectivity index (χ0n) is 8.18. The summed E-state index contributed by atoms with van der Waals surface area (Å²) in [6.45, 7) is 0.640. The number of nitrogens with two attached hydrogens (primary N) is 1. The Morgan fingerprint density at radius 3 is 3.07 bits per heavy atom. The van der Waals surface area contributed by atoms with Gasteiger partial charge in [-0.3, -0.25) is 4.79 Å². The lowest BCUT2D eigenvalue weighted by molar-refractivity contribution is 0.764. The SMILES string of the molecule is NCCCc1nc2c(c(=O)[nH]1)CCC2. The molecule has 1 aromatic rings. The lowest BCUT2D eigenvalue weighted by Crippen LogP contribution is -2.17. The standard InChI is InChI=1S/C10H15N3O/c11-6-2-5-9-12-8-4-1-3-7(8)10(14)13-9/h1-6,11H2,(H,12,13,14). The van der Waals surface area contributed by atoms with Gasteiger partial charge in [-0.25, -0.2) is 4.98 Å². The summed E-state index contributed by atoms with van der Waals surface area (Å²) >= 11 is 0. The second-order valence-electron chi connectivity index (χ2n) is 3.68. The highest BCUT2D eigenvalue weighted by Gasteiger charge is 2.16. The number of hydrogen-bond donors (Lipinski definition) is 2. The molecule has 0 radical (unpaired) electrons. The first-order chi connectivity index (χ1) is 6.81. The van der Waals surface area contributed by atoms with Crippen molar-refractivity contribution in [3.8, 4) is 0 Å². The van der Waals surface area contributed by atoms with Gasteiger partial charge in [0.05, 0.1) is 5.69 Å². The second-order valence-corrected chi connectivity index (χ2v) is 3.68. The van der Waals surface area contributed by atoms with Gasteiger partial charge in [-0.15, -0.1) is 0 Å². The molecule has 3 N–H and O–H groups in total. The molecule has 1 aliphatic rings. The van der Waals surface area contributed by atoms with Crippen LogP contribution in [0.25, 0.3) is 0 Å². The Labute approximate surface area is 82.6 Å². The van der Waals surface area contributed by atoms with Gasteiger partial charge >= 0.3 is 0 Å². The molecule has 4 heteroatoms. The highest BCUT2D eigenvalue weighted by Crippen LogP contribution is 2.15. The molecule has 1 aliphatic carbocycles. The third-order valence-electron chi connectivity index (χ3n) is 2.61. The van der Waals surface area contributed by atoms with E-state index in [1.54, 1.807) is 0 Å². The average Bonchev–Trinajstić information content (AvgIpc) is 2.63. The third kappa shape index (κ3) is 1.70. The van der Waals surface area contributed by atoms with E-state index in [2.05, 4.69) is 9.97 Å². The van der Waals surface area contributed by atoms with E-state index < -0.39 is 0 Å². The van der Waals surface area contributed by atoms with Crippen molar-refractivity contribution in [3.05, 3.63) is 27.4 Å². The largest absolute Gasteiger partial charge is 0.330 e. The van der Waals surface area contributed by atoms with Crippen LogP contribution >= 0.6 is 0 Å². The number of aromatic amines is 1. The number of nitrogens with zero attached hydrogens (tertiary/aromatic N) is 1. The molecule has 0 amide bonds. The van der Waals surface area contributed by atoms with E-state index in [-0.39, 0.29) is 5.56 Å². The first kappa shape index (κ1) is 9.40. The molecule has 0 aliphatic heterocycles. The smallest absolute Gasteiger partial charge is 0.254 e. The molecule has 0 saturated heterocycles. The number of aromatic nitrogens is 2. The Morgan fingerprint density at radius 1 is 1.43 bits per heavy atom. The van der Waals surface area contributed by atoms with Gasteiger partial charge in [-0.2, -0.15) is 0 Å². The number of aryl methyl sites for hydroxylation is 2. The first-order valence-corrected chi connectivity index (χ1v) is 5.12. The molecule has 76 valence electrons. The topological polar surface area (TPSA) is 71.8 Å². The fourth-order valence-corrected chi connectivity index (χ4v) is 1.88. The Morgan fingerprint density at radius 2 is 2.29 bits per heavy atom. The Kier molecular flexibility index (Phi) is 2.63. The van der Waals surface area contributed by atoms with Crippen molar-refractivity contribution in [2.75, 3.05) is 6.54 Å². The first-order valence-electron chi connectivity index (χ1n) is 5.12. The van der Waals surface area contributed by atoms with Crippen molar-refractivity contribution in [2.24, 2.45) is 5.73 Å². The third-order valence-corrected chi connectivity index (χ3v) is 2.61. The normalized spacial score (nSPS) is 14.4. The van der Waals surface area contributed by atoms with Crippen molar-refractivity contribution in [1.29, 1.82) is 0 Å². The maximum atomic E-state index is 11.6. The van der Waals surface area contributed by atoms with E-state index in [1.807, 2.05) is 0 Å². The summed E-state index contributed by atoms with van der Waals surface area (Å²) in [4.78, 5) is 18.8. The molecule has 0 spiro atoms. The van der Waals surface area contributed by atoms with Gasteiger partial charge in [-0.05, 0) is 32.2 Å². The van der Waals surface area contributed by atoms with Crippen LogP contribution in [-0.4, -0.2) is 16.5 Å². The van der Waals surface area contributed by atoms with Crippen molar-refractivity contribution in [3.63, 3.8) is 0 Å². The monoisotopic (exact) mass is 193 g/mol. The van der Waals surface area contributed by atoms with E-state index in [4.69, 9.17) is 5.73 Å². The molecule has 4 nitrogen and oxygen atoms in total. The fraction of sp³-hybridized carbons (Fsp3) is 0.600. The van der Waals surface area contributed by atoms with E-state index in [9.17, 15) is 4.79 Å². The van der Waals surface area contributed by atoms with Crippen LogP contribution in [0.5, 0.6) is 0 Å². The van der Waals surface area contributed by atoms with Gasteiger partial charge in [-0.1, -0.05) is 0 Å². The maximum Gasteiger partial charge on any atom is 0.254 e. The molecule has 0 unspecified atom stereocenters. The molecule has 0 atom stereocenters. The van der Waals surface area contributed by atoms with Crippen LogP contribution in [0.1, 0.15) is 29.9 Å². The van der Waals surface area contributed by atoms with E-state index >= 15 is 0 Å². The molecule has 0 bridgehead atoms. The van der Waals surface area contributed by atoms with Gasteiger partial charge in [0.1, 0.15) is 5.82 Å². The molecule has 1 heterocycles. The predicted octanol–water partition coefficient (Wildman–Crippen LogP) is 0.150. The number of H-pyrrole nitrogens is 1. The van der Waals surface area contributed by atoms with Crippen LogP contribution < -0.4 is 11.3 Å². The molecule has 2 rings (SSSR count). The molecular weight excluding hydrogens is 178 g/mol. The van der Waals surface area contributed by atoms with Gasteiger partial charge < -0.3 is 10.7 Å². The van der Waals surface area contributed by atoms with E-state index in [1.165, 1.54) is 0 Å². The highest BCUT2D eigenvalue weighted by molar-refractivity contribution is 5.22. The van der Waals surface area contributed by atoms with E-state index in [0.717, 1.165) is 49.2 Å². The average molecular weight is 193 g/mol. The van der Waals surface area contributed by atoms with Crippen LogP contribution in [0.15, 0.2) is 4.79 Å². The van der Waals surface area contributed by atoms with Crippen LogP contribution in [-0.2, 0) is 19.3 Å². The molecule has 0 saturated carbocycles. The van der Waals surface area contributed by atoms with Crippen molar-refractivity contribution in [1.82, 2.24) is 9.97 Å². The summed E-state index contributed by atoms with van der Waals surface area (Å²) in [6.07, 6.45) is 4.55. The summed E-state index contributed by atoms with van der Waals surface area (Å²) in [7, 11) is 0. The lowest BCUT2D eigenvalue weighted by Gasteiger charge is -2.02. The molecule has 0 aromatic carbocycles. The zero-order chi connectivity index (χ0) is 9.97. The van der Waals surface area contributed by atoms with Crippen molar-refractivity contribution < 1.29 is 0 Å². The van der Waals surface area contributed by atoms with E-state index in [0.29, 0.717) is 6.54 Å². The minimum atomic E-state index is 0.0551. The molecule has 14 heavy (non-hydrogen) atoms. The van der Waals surface area contributed by atoms with Gasteiger partial charge in [0, 0.05) is 12.0 Å². The Balaban J connectivity index is 2.28. The molecule has 1 aromatic heterocycles. The number of nitrogens with one attached hydrogen (secondary N) is 1. The zero-order valence-corrected chi connectivity index (χ0v) is 8.18. The summed E-state index contributed by atoms with van der Waals surface area (Å²) < 4.78 is 0. The van der Waals surface area contributed by atoms with Gasteiger partial charge in [0.2, 0.25) is 0 Å². The fourth-order valence-electron chi connectivity index (χ4n) is 1.88. The number of fused-ring (bicyclic) bond motifs is 1. The van der Waals surface area contributed by atoms with Gasteiger partial charge in [0.15, 0.2) is 0 Å². The Hall–Kier alpha value is -1.16. The van der Waals surface area contributed by atoms with Crippen LogP contribution in [0.4, 0.5) is 0 Å². The number of hydrogen-bond acceptors (Lipinski definition) is 3. The van der Waals surface area contributed by atoms with Crippen LogP contribution in [0, 0.1) is 0 Å². The minimum Gasteiger partial charge on any atom is -0.330 e. The minimum absolute atomic E-state index is 0.0551.